The summed E-state index contributed by atoms with van der Waals surface area (Å²) in [7, 11) is 0. The standard InChI is InChI=1S/C34H35ClFN5O/c35-28-10-6-26(7-11-28)24-38-19-21-39(22-20-38)30-14-8-27(9-15-30)25-41-33-5-2-1-4-32(33)40(34(41)37)18-3-23-42-31-16-12-29(36)13-17-31/h1-2,4-17,37H,3,18-25H2. The van der Waals surface area contributed by atoms with Gasteiger partial charge in [-0.2, -0.15) is 0 Å². The molecule has 1 saturated heterocycles. The van der Waals surface area contributed by atoms with Gasteiger partial charge in [-0.1, -0.05) is 48.0 Å². The first kappa shape index (κ1) is 28.1. The number of rotatable bonds is 10. The summed E-state index contributed by atoms with van der Waals surface area (Å²) in [5.41, 5.74) is 6.26. The zero-order chi connectivity index (χ0) is 28.9. The number of nitrogens with one attached hydrogen (secondary N) is 1. The number of para-hydroxylation sites is 2. The van der Waals surface area contributed by atoms with Gasteiger partial charge in [0.05, 0.1) is 24.2 Å². The van der Waals surface area contributed by atoms with Gasteiger partial charge in [-0.3, -0.25) is 10.3 Å². The highest BCUT2D eigenvalue weighted by molar-refractivity contribution is 6.30. The van der Waals surface area contributed by atoms with E-state index < -0.39 is 0 Å². The molecule has 0 saturated carbocycles. The van der Waals surface area contributed by atoms with E-state index in [-0.39, 0.29) is 5.82 Å². The van der Waals surface area contributed by atoms with Gasteiger partial charge in [0.2, 0.25) is 5.62 Å². The van der Waals surface area contributed by atoms with Crippen molar-refractivity contribution in [3.8, 4) is 5.75 Å². The van der Waals surface area contributed by atoms with Gasteiger partial charge in [0.25, 0.3) is 0 Å². The SMILES string of the molecule is N=c1n(CCCOc2ccc(F)cc2)c2ccccc2n1Cc1ccc(N2CCN(Cc3ccc(Cl)cc3)CC2)cc1. The van der Waals surface area contributed by atoms with Crippen LogP contribution in [0, 0.1) is 11.2 Å². The van der Waals surface area contributed by atoms with Crippen LogP contribution in [0.4, 0.5) is 10.1 Å². The quantitative estimate of drug-likeness (QED) is 0.190. The van der Waals surface area contributed by atoms with Crippen molar-refractivity contribution in [2.24, 2.45) is 0 Å². The molecule has 2 heterocycles. The monoisotopic (exact) mass is 583 g/mol. The summed E-state index contributed by atoms with van der Waals surface area (Å²) in [5, 5.41) is 9.76. The molecule has 0 bridgehead atoms. The summed E-state index contributed by atoms with van der Waals surface area (Å²) in [6.45, 7) is 6.78. The highest BCUT2D eigenvalue weighted by atomic mass is 35.5. The number of piperazine rings is 1. The van der Waals surface area contributed by atoms with Gasteiger partial charge in [-0.15, -0.1) is 0 Å². The van der Waals surface area contributed by atoms with E-state index in [0.717, 1.165) is 55.2 Å². The summed E-state index contributed by atoms with van der Waals surface area (Å²) in [5.74, 6) is 0.376. The van der Waals surface area contributed by atoms with Crippen LogP contribution in [0.2, 0.25) is 5.02 Å². The second kappa shape index (κ2) is 12.8. The molecule has 6 nitrogen and oxygen atoms in total. The van der Waals surface area contributed by atoms with Crippen LogP contribution >= 0.6 is 11.6 Å². The molecule has 0 aliphatic carbocycles. The first-order chi connectivity index (χ1) is 20.5. The third-order valence-electron chi connectivity index (χ3n) is 7.92. The number of nitrogens with zero attached hydrogens (tertiary/aromatic N) is 4. The van der Waals surface area contributed by atoms with Crippen molar-refractivity contribution in [2.45, 2.75) is 26.1 Å². The highest BCUT2D eigenvalue weighted by Crippen LogP contribution is 2.21. The molecule has 0 radical (unpaired) electrons. The van der Waals surface area contributed by atoms with Gasteiger partial charge in [-0.05, 0) is 78.2 Å². The first-order valence-corrected chi connectivity index (χ1v) is 14.8. The van der Waals surface area contributed by atoms with Gasteiger partial charge < -0.3 is 18.8 Å². The molecule has 1 aromatic heterocycles. The maximum atomic E-state index is 13.1. The summed E-state index contributed by atoms with van der Waals surface area (Å²) >= 11 is 6.03. The molecule has 0 atom stereocenters. The number of benzene rings is 4. The Morgan fingerprint density at radius 3 is 2.02 bits per heavy atom. The molecular formula is C34H35ClFN5O. The van der Waals surface area contributed by atoms with Crippen LogP contribution in [0.25, 0.3) is 11.0 Å². The number of imidazole rings is 1. The predicted molar refractivity (Wildman–Crippen MR) is 167 cm³/mol. The number of halogens is 2. The summed E-state index contributed by atoms with van der Waals surface area (Å²) in [4.78, 5) is 4.94. The van der Waals surface area contributed by atoms with Crippen molar-refractivity contribution < 1.29 is 9.13 Å². The molecule has 0 unspecified atom stereocenters. The lowest BCUT2D eigenvalue weighted by molar-refractivity contribution is 0.250. The van der Waals surface area contributed by atoms with Crippen LogP contribution in [-0.4, -0.2) is 46.8 Å². The summed E-state index contributed by atoms with van der Waals surface area (Å²) < 4.78 is 23.0. The molecule has 0 spiro atoms. The molecule has 5 aromatic rings. The van der Waals surface area contributed by atoms with Crippen molar-refractivity contribution in [3.05, 3.63) is 125 Å². The second-order valence-electron chi connectivity index (χ2n) is 10.8. The summed E-state index contributed by atoms with van der Waals surface area (Å²) in [6.07, 6.45) is 0.740. The minimum absolute atomic E-state index is 0.275. The molecule has 8 heteroatoms. The number of hydrogen-bond acceptors (Lipinski definition) is 4. The van der Waals surface area contributed by atoms with E-state index in [1.54, 1.807) is 12.1 Å². The van der Waals surface area contributed by atoms with Crippen molar-refractivity contribution in [1.29, 1.82) is 5.41 Å². The van der Waals surface area contributed by atoms with Gasteiger partial charge >= 0.3 is 0 Å². The third-order valence-corrected chi connectivity index (χ3v) is 8.17. The molecule has 1 aliphatic heterocycles. The Kier molecular flexibility index (Phi) is 8.58. The molecule has 0 amide bonds. The van der Waals surface area contributed by atoms with Crippen LogP contribution < -0.4 is 15.3 Å². The fraction of sp³-hybridized carbons (Fsp3) is 0.265. The normalized spacial score (nSPS) is 14.0. The molecule has 1 N–H and O–H groups in total. The first-order valence-electron chi connectivity index (χ1n) is 14.5. The Bertz CT molecular complexity index is 1670. The van der Waals surface area contributed by atoms with Crippen LogP contribution in [0.1, 0.15) is 17.5 Å². The maximum Gasteiger partial charge on any atom is 0.203 e. The lowest BCUT2D eigenvalue weighted by Gasteiger charge is -2.36. The minimum Gasteiger partial charge on any atom is -0.494 e. The molecule has 1 fully saturated rings. The molecule has 4 aromatic carbocycles. The van der Waals surface area contributed by atoms with Gasteiger partial charge in [0.15, 0.2) is 0 Å². The number of ether oxygens (including phenoxy) is 1. The van der Waals surface area contributed by atoms with Crippen LogP contribution in [-0.2, 0) is 19.6 Å². The van der Waals surface area contributed by atoms with E-state index in [2.05, 4.69) is 62.9 Å². The summed E-state index contributed by atoms with van der Waals surface area (Å²) in [6, 6.07) is 31.2. The van der Waals surface area contributed by atoms with Gasteiger partial charge in [0.1, 0.15) is 11.6 Å². The average Bonchev–Trinajstić information content (AvgIpc) is 3.28. The number of aromatic nitrogens is 2. The van der Waals surface area contributed by atoms with E-state index in [4.69, 9.17) is 21.7 Å². The van der Waals surface area contributed by atoms with Crippen LogP contribution in [0.5, 0.6) is 5.75 Å². The molecular weight excluding hydrogens is 549 g/mol. The molecule has 42 heavy (non-hydrogen) atoms. The topological polar surface area (TPSA) is 49.4 Å². The lowest BCUT2D eigenvalue weighted by Crippen LogP contribution is -2.45. The van der Waals surface area contributed by atoms with Crippen LogP contribution in [0.15, 0.2) is 97.1 Å². The highest BCUT2D eigenvalue weighted by Gasteiger charge is 2.18. The molecule has 216 valence electrons. The van der Waals surface area contributed by atoms with E-state index in [1.165, 1.54) is 28.9 Å². The number of aryl methyl sites for hydroxylation is 1. The van der Waals surface area contributed by atoms with Crippen molar-refractivity contribution >= 4 is 28.3 Å². The van der Waals surface area contributed by atoms with E-state index in [0.29, 0.717) is 31.1 Å². The second-order valence-corrected chi connectivity index (χ2v) is 11.2. The maximum absolute atomic E-state index is 13.1. The number of anilines is 1. The van der Waals surface area contributed by atoms with Crippen molar-refractivity contribution in [2.75, 3.05) is 37.7 Å². The number of hydrogen-bond donors (Lipinski definition) is 1. The Balaban J connectivity index is 1.07. The Hall–Kier alpha value is -4.07. The van der Waals surface area contributed by atoms with E-state index in [9.17, 15) is 4.39 Å². The van der Waals surface area contributed by atoms with E-state index >= 15 is 0 Å². The fourth-order valence-corrected chi connectivity index (χ4v) is 5.76. The minimum atomic E-state index is -0.275. The van der Waals surface area contributed by atoms with Crippen LogP contribution in [0.3, 0.4) is 0 Å². The Labute approximate surface area is 250 Å². The molecule has 1 aliphatic rings. The fourth-order valence-electron chi connectivity index (χ4n) is 5.63. The molecule has 6 rings (SSSR count). The van der Waals surface area contributed by atoms with Gasteiger partial charge in [-0.25, -0.2) is 4.39 Å². The third kappa shape index (κ3) is 6.53. The predicted octanol–water partition coefficient (Wildman–Crippen LogP) is 6.55. The average molecular weight is 584 g/mol. The van der Waals surface area contributed by atoms with E-state index in [1.807, 2.05) is 28.8 Å². The Morgan fingerprint density at radius 1 is 0.714 bits per heavy atom. The largest absolute Gasteiger partial charge is 0.494 e. The van der Waals surface area contributed by atoms with Crippen molar-refractivity contribution in [3.63, 3.8) is 0 Å². The van der Waals surface area contributed by atoms with Crippen molar-refractivity contribution in [1.82, 2.24) is 14.0 Å². The zero-order valence-corrected chi connectivity index (χ0v) is 24.3. The smallest absolute Gasteiger partial charge is 0.203 e. The van der Waals surface area contributed by atoms with Gasteiger partial charge in [0, 0.05) is 50.0 Å². The lowest BCUT2D eigenvalue weighted by atomic mass is 10.1. The Morgan fingerprint density at radius 2 is 1.33 bits per heavy atom. The number of fused-ring (bicyclic) bond motifs is 1. The zero-order valence-electron chi connectivity index (χ0n) is 23.6.